The van der Waals surface area contributed by atoms with Crippen molar-refractivity contribution in [3.05, 3.63) is 71.3 Å². The van der Waals surface area contributed by atoms with Crippen LogP contribution in [0.1, 0.15) is 104 Å². The van der Waals surface area contributed by atoms with E-state index in [0.29, 0.717) is 55.4 Å². The van der Waals surface area contributed by atoms with Crippen LogP contribution in [0.3, 0.4) is 0 Å². The molecule has 2 N–H and O–H groups in total. The summed E-state index contributed by atoms with van der Waals surface area (Å²) in [6.45, 7) is 5.56. The number of aliphatic hydroxyl groups is 2. The van der Waals surface area contributed by atoms with Crippen molar-refractivity contribution in [2.45, 2.75) is 95.4 Å². The summed E-state index contributed by atoms with van der Waals surface area (Å²) in [7, 11) is 0. The second-order valence-corrected chi connectivity index (χ2v) is 14.4. The zero-order chi connectivity index (χ0) is 29.3. The predicted molar refractivity (Wildman–Crippen MR) is 160 cm³/mol. The van der Waals surface area contributed by atoms with Crippen molar-refractivity contribution in [3.8, 4) is 0 Å². The van der Waals surface area contributed by atoms with Gasteiger partial charge in [-0.25, -0.2) is 0 Å². The molecule has 0 bridgehead atoms. The quantitative estimate of drug-likeness (QED) is 0.323. The van der Waals surface area contributed by atoms with Crippen molar-refractivity contribution in [1.82, 2.24) is 4.90 Å². The first-order valence-corrected chi connectivity index (χ1v) is 16.2. The van der Waals surface area contributed by atoms with Crippen molar-refractivity contribution in [2.24, 2.45) is 28.6 Å². The maximum absolute atomic E-state index is 12.7. The van der Waals surface area contributed by atoms with Crippen LogP contribution in [0.15, 0.2) is 54.6 Å². The molecule has 0 saturated heterocycles. The number of amides is 2. The first-order chi connectivity index (χ1) is 20.1. The number of benzene rings is 2. The van der Waals surface area contributed by atoms with E-state index in [0.717, 1.165) is 50.5 Å². The van der Waals surface area contributed by atoms with Crippen molar-refractivity contribution >= 4 is 11.8 Å². The summed E-state index contributed by atoms with van der Waals surface area (Å²) in [6.07, 6.45) is 9.26. The number of imide groups is 1. The van der Waals surface area contributed by atoms with Crippen molar-refractivity contribution in [1.29, 1.82) is 0 Å². The number of hydrogen-bond acceptors (Lipinski definition) is 5. The highest BCUT2D eigenvalue weighted by atomic mass is 16.5. The Bertz CT molecular complexity index is 1340. The normalized spacial score (nSPS) is 40.8. The van der Waals surface area contributed by atoms with E-state index in [1.165, 1.54) is 4.90 Å². The second-order valence-electron chi connectivity index (χ2n) is 14.4. The van der Waals surface area contributed by atoms with Crippen LogP contribution in [0.5, 0.6) is 0 Å². The van der Waals surface area contributed by atoms with E-state index in [1.54, 1.807) is 24.3 Å². The van der Waals surface area contributed by atoms with E-state index in [9.17, 15) is 19.8 Å². The largest absolute Gasteiger partial charge is 0.389 e. The summed E-state index contributed by atoms with van der Waals surface area (Å²) in [5.74, 6) is 0.844. The SMILES string of the molecule is C[C@]12CC[C@H](OCCCN3C(=O)c4ccccc4C3=O)C[C@H]1CC[C@@H]1[C@@H]2CC[C@]2(C)[C@@](O)(c3ccccc3)CC[C@]12O. The number of nitrogens with zero attached hydrogens (tertiary/aromatic N) is 1. The average molecular weight is 572 g/mol. The van der Waals surface area contributed by atoms with Gasteiger partial charge in [0.1, 0.15) is 0 Å². The van der Waals surface area contributed by atoms with Crippen LogP contribution in [0.2, 0.25) is 0 Å². The molecule has 2 amide bonds. The highest BCUT2D eigenvalue weighted by Gasteiger charge is 2.72. The zero-order valence-corrected chi connectivity index (χ0v) is 25.1. The van der Waals surface area contributed by atoms with Crippen LogP contribution >= 0.6 is 0 Å². The molecular weight excluding hydrogens is 526 g/mol. The molecule has 8 atom stereocenters. The molecule has 4 fully saturated rings. The monoisotopic (exact) mass is 571 g/mol. The lowest BCUT2D eigenvalue weighted by Crippen LogP contribution is -2.64. The van der Waals surface area contributed by atoms with Crippen LogP contribution in [0.25, 0.3) is 0 Å². The number of ether oxygens (including phenoxy) is 1. The highest BCUT2D eigenvalue weighted by molar-refractivity contribution is 6.21. The molecule has 0 radical (unpaired) electrons. The molecule has 2 aromatic rings. The van der Waals surface area contributed by atoms with Gasteiger partial charge in [-0.15, -0.1) is 0 Å². The molecule has 42 heavy (non-hydrogen) atoms. The van der Waals surface area contributed by atoms with Crippen molar-refractivity contribution in [2.75, 3.05) is 13.2 Å². The van der Waals surface area contributed by atoms with Gasteiger partial charge >= 0.3 is 0 Å². The molecule has 7 rings (SSSR count). The Labute approximate surface area is 249 Å². The summed E-state index contributed by atoms with van der Waals surface area (Å²) in [6, 6.07) is 17.1. The Hall–Kier alpha value is -2.54. The standard InChI is InChI=1S/C36H45NO5/c1-33-17-15-26(42-22-8-21-37-31(38)27-11-6-7-12-28(27)32(37)39)23-25(33)13-14-30-29(33)16-18-34(2)35(40,19-20-36(30,34)41)24-9-4-3-5-10-24/h3-7,9-12,25-26,29-30,40-41H,8,13-23H2,1-2H3/t25-,26+,29+,30-,33+,34-,35+,36+/m1/s1. The number of rotatable bonds is 6. The van der Waals surface area contributed by atoms with Crippen LogP contribution in [0, 0.1) is 28.6 Å². The molecule has 0 aromatic heterocycles. The molecule has 6 nitrogen and oxygen atoms in total. The maximum Gasteiger partial charge on any atom is 0.261 e. The van der Waals surface area contributed by atoms with Crippen LogP contribution in [-0.4, -0.2) is 51.8 Å². The molecule has 4 aliphatic carbocycles. The van der Waals surface area contributed by atoms with Gasteiger partial charge < -0.3 is 14.9 Å². The van der Waals surface area contributed by atoms with Gasteiger partial charge in [0.25, 0.3) is 11.8 Å². The van der Waals surface area contributed by atoms with E-state index in [1.807, 2.05) is 30.3 Å². The Kier molecular flexibility index (Phi) is 6.73. The molecule has 1 aliphatic heterocycles. The minimum Gasteiger partial charge on any atom is -0.389 e. The number of carbonyl (C=O) groups excluding carboxylic acids is 2. The number of carbonyl (C=O) groups is 2. The molecule has 0 spiro atoms. The fraction of sp³-hybridized carbons (Fsp3) is 0.611. The van der Waals surface area contributed by atoms with Crippen LogP contribution in [-0.2, 0) is 10.3 Å². The Balaban J connectivity index is 0.977. The third-order valence-corrected chi connectivity index (χ3v) is 13.0. The summed E-state index contributed by atoms with van der Waals surface area (Å²) in [4.78, 5) is 26.7. The fourth-order valence-electron chi connectivity index (χ4n) is 10.4. The van der Waals surface area contributed by atoms with Crippen LogP contribution in [0.4, 0.5) is 0 Å². The maximum atomic E-state index is 12.7. The topological polar surface area (TPSA) is 87.1 Å². The van der Waals surface area contributed by atoms with E-state index in [4.69, 9.17) is 4.74 Å². The summed E-state index contributed by atoms with van der Waals surface area (Å²) in [5, 5.41) is 24.6. The van der Waals surface area contributed by atoms with Gasteiger partial charge in [-0.1, -0.05) is 56.3 Å². The van der Waals surface area contributed by atoms with Crippen LogP contribution < -0.4 is 0 Å². The van der Waals surface area contributed by atoms with Gasteiger partial charge in [0.15, 0.2) is 0 Å². The van der Waals surface area contributed by atoms with E-state index in [-0.39, 0.29) is 29.3 Å². The van der Waals surface area contributed by atoms with Crippen molar-refractivity contribution in [3.63, 3.8) is 0 Å². The number of hydrogen-bond donors (Lipinski definition) is 2. The Morgan fingerprint density at radius 3 is 2.21 bits per heavy atom. The van der Waals surface area contributed by atoms with Gasteiger partial charge in [-0.05, 0) is 105 Å². The molecular formula is C36H45NO5. The van der Waals surface area contributed by atoms with Gasteiger partial charge in [-0.2, -0.15) is 0 Å². The zero-order valence-electron chi connectivity index (χ0n) is 25.1. The molecule has 1 heterocycles. The smallest absolute Gasteiger partial charge is 0.261 e. The van der Waals surface area contributed by atoms with E-state index < -0.39 is 16.6 Å². The second kappa shape index (κ2) is 10.0. The number of fused-ring (bicyclic) bond motifs is 6. The van der Waals surface area contributed by atoms with Gasteiger partial charge in [-0.3, -0.25) is 14.5 Å². The summed E-state index contributed by atoms with van der Waals surface area (Å²) >= 11 is 0. The fourth-order valence-corrected chi connectivity index (χ4v) is 10.4. The molecule has 0 unspecified atom stereocenters. The average Bonchev–Trinajstić information content (AvgIpc) is 3.38. The summed E-state index contributed by atoms with van der Waals surface area (Å²) in [5.41, 5.74) is -0.279. The predicted octanol–water partition coefficient (Wildman–Crippen LogP) is 6.10. The van der Waals surface area contributed by atoms with E-state index >= 15 is 0 Å². The molecule has 224 valence electrons. The first kappa shape index (κ1) is 28.2. The Morgan fingerprint density at radius 2 is 1.50 bits per heavy atom. The highest BCUT2D eigenvalue weighted by Crippen LogP contribution is 2.71. The van der Waals surface area contributed by atoms with Gasteiger partial charge in [0, 0.05) is 18.6 Å². The lowest BCUT2D eigenvalue weighted by Gasteiger charge is -2.64. The first-order valence-electron chi connectivity index (χ1n) is 16.2. The lowest BCUT2D eigenvalue weighted by molar-refractivity contribution is -0.239. The van der Waals surface area contributed by atoms with Gasteiger partial charge in [0.05, 0.1) is 28.4 Å². The van der Waals surface area contributed by atoms with E-state index in [2.05, 4.69) is 13.8 Å². The molecule has 2 aromatic carbocycles. The van der Waals surface area contributed by atoms with Crippen molar-refractivity contribution < 1.29 is 24.5 Å². The minimum atomic E-state index is -0.996. The third kappa shape index (κ3) is 3.87. The minimum absolute atomic E-state index is 0.174. The summed E-state index contributed by atoms with van der Waals surface area (Å²) < 4.78 is 6.37. The molecule has 6 heteroatoms. The third-order valence-electron chi connectivity index (χ3n) is 13.0. The lowest BCUT2D eigenvalue weighted by atomic mass is 9.43. The molecule has 4 saturated carbocycles. The van der Waals surface area contributed by atoms with Gasteiger partial charge in [0.2, 0.25) is 0 Å². The molecule has 5 aliphatic rings. The Morgan fingerprint density at radius 1 is 0.810 bits per heavy atom.